The van der Waals surface area contributed by atoms with Gasteiger partial charge in [-0.2, -0.15) is 5.26 Å². The summed E-state index contributed by atoms with van der Waals surface area (Å²) in [5, 5.41) is 10.7. The summed E-state index contributed by atoms with van der Waals surface area (Å²) in [6.07, 6.45) is 1.30. The Bertz CT molecular complexity index is 536. The van der Waals surface area contributed by atoms with Gasteiger partial charge in [-0.05, 0) is 11.4 Å². The molecule has 2 heterocycles. The van der Waals surface area contributed by atoms with Crippen molar-refractivity contribution in [3.63, 3.8) is 0 Å². The highest BCUT2D eigenvalue weighted by molar-refractivity contribution is 7.13. The van der Waals surface area contributed by atoms with Gasteiger partial charge in [-0.25, -0.2) is 4.98 Å². The number of aromatic amines is 1. The fourth-order valence-electron chi connectivity index (χ4n) is 1.10. The van der Waals surface area contributed by atoms with Crippen LogP contribution in [0.4, 0.5) is 0 Å². The van der Waals surface area contributed by atoms with Crippen molar-refractivity contribution in [2.24, 2.45) is 0 Å². The van der Waals surface area contributed by atoms with Crippen molar-refractivity contribution in [3.05, 3.63) is 39.8 Å². The van der Waals surface area contributed by atoms with Gasteiger partial charge in [-0.15, -0.1) is 11.3 Å². The molecule has 2 aromatic heterocycles. The monoisotopic (exact) mass is 203 g/mol. The Balaban J connectivity index is 2.72. The smallest absolute Gasteiger partial charge is 0.269 e. The third-order valence-electron chi connectivity index (χ3n) is 1.72. The SMILES string of the molecule is N#Cc1c(-c2cccs2)nc[nH]c1=O. The standard InChI is InChI=1S/C9H5N3OS/c10-4-6-8(7-2-1-3-14-7)11-5-12-9(6)13/h1-3,5H,(H,11,12,13). The van der Waals surface area contributed by atoms with Gasteiger partial charge in [0.15, 0.2) is 0 Å². The van der Waals surface area contributed by atoms with Crippen LogP contribution in [0.5, 0.6) is 0 Å². The average molecular weight is 203 g/mol. The van der Waals surface area contributed by atoms with Gasteiger partial charge >= 0.3 is 0 Å². The van der Waals surface area contributed by atoms with E-state index in [2.05, 4.69) is 9.97 Å². The Hall–Kier alpha value is -1.93. The molecule has 1 N–H and O–H groups in total. The summed E-state index contributed by atoms with van der Waals surface area (Å²) < 4.78 is 0. The van der Waals surface area contributed by atoms with E-state index < -0.39 is 5.56 Å². The number of rotatable bonds is 1. The van der Waals surface area contributed by atoms with Crippen LogP contribution in [0.25, 0.3) is 10.6 Å². The van der Waals surface area contributed by atoms with Crippen LogP contribution in [0, 0.1) is 11.3 Å². The summed E-state index contributed by atoms with van der Waals surface area (Å²) in [5.41, 5.74) is 0.118. The molecule has 0 aromatic carbocycles. The van der Waals surface area contributed by atoms with Crippen molar-refractivity contribution in [3.8, 4) is 16.6 Å². The van der Waals surface area contributed by atoms with E-state index in [4.69, 9.17) is 5.26 Å². The highest BCUT2D eigenvalue weighted by Gasteiger charge is 2.10. The molecule has 0 atom stereocenters. The Kier molecular flexibility index (Phi) is 2.13. The maximum Gasteiger partial charge on any atom is 0.269 e. The van der Waals surface area contributed by atoms with Gasteiger partial charge in [0.1, 0.15) is 17.3 Å². The molecule has 4 nitrogen and oxygen atoms in total. The van der Waals surface area contributed by atoms with Gasteiger partial charge < -0.3 is 4.98 Å². The van der Waals surface area contributed by atoms with Crippen molar-refractivity contribution in [2.45, 2.75) is 0 Å². The lowest BCUT2D eigenvalue weighted by molar-refractivity contribution is 1.11. The van der Waals surface area contributed by atoms with Crippen LogP contribution in [0.3, 0.4) is 0 Å². The molecule has 0 aliphatic heterocycles. The van der Waals surface area contributed by atoms with Crippen LogP contribution in [0.15, 0.2) is 28.6 Å². The molecule has 0 radical (unpaired) electrons. The number of H-pyrrole nitrogens is 1. The zero-order valence-corrected chi connectivity index (χ0v) is 7.84. The first-order valence-electron chi connectivity index (χ1n) is 3.84. The minimum Gasteiger partial charge on any atom is -0.312 e. The molecule has 0 amide bonds. The molecule has 0 saturated carbocycles. The molecule has 0 fully saturated rings. The molecule has 0 bridgehead atoms. The van der Waals surface area contributed by atoms with Gasteiger partial charge in [0.2, 0.25) is 0 Å². The van der Waals surface area contributed by atoms with Crippen molar-refractivity contribution in [1.82, 2.24) is 9.97 Å². The van der Waals surface area contributed by atoms with E-state index >= 15 is 0 Å². The number of hydrogen-bond donors (Lipinski definition) is 1. The largest absolute Gasteiger partial charge is 0.312 e. The van der Waals surface area contributed by atoms with Crippen molar-refractivity contribution >= 4 is 11.3 Å². The Morgan fingerprint density at radius 1 is 1.57 bits per heavy atom. The number of nitriles is 1. The van der Waals surface area contributed by atoms with E-state index in [9.17, 15) is 4.79 Å². The van der Waals surface area contributed by atoms with Gasteiger partial charge in [-0.3, -0.25) is 4.79 Å². The average Bonchev–Trinajstić information content (AvgIpc) is 2.70. The first kappa shape index (κ1) is 8.66. The van der Waals surface area contributed by atoms with E-state index in [0.29, 0.717) is 5.69 Å². The molecule has 5 heteroatoms. The molecule has 0 unspecified atom stereocenters. The lowest BCUT2D eigenvalue weighted by Gasteiger charge is -1.96. The predicted octanol–water partition coefficient (Wildman–Crippen LogP) is 1.37. The molecule has 0 aliphatic carbocycles. The van der Waals surface area contributed by atoms with Crippen molar-refractivity contribution in [1.29, 1.82) is 5.26 Å². The predicted molar refractivity (Wildman–Crippen MR) is 52.9 cm³/mol. The first-order chi connectivity index (χ1) is 6.83. The lowest BCUT2D eigenvalue weighted by atomic mass is 10.2. The number of hydrogen-bond acceptors (Lipinski definition) is 4. The summed E-state index contributed by atoms with van der Waals surface area (Å²) in [6.45, 7) is 0. The van der Waals surface area contributed by atoms with Crippen LogP contribution < -0.4 is 5.56 Å². The second kappa shape index (κ2) is 3.44. The van der Waals surface area contributed by atoms with Crippen molar-refractivity contribution in [2.75, 3.05) is 0 Å². The fourth-order valence-corrected chi connectivity index (χ4v) is 1.83. The summed E-state index contributed by atoms with van der Waals surface area (Å²) in [5.74, 6) is 0. The number of nitrogens with one attached hydrogen (secondary N) is 1. The maximum atomic E-state index is 11.3. The normalized spacial score (nSPS) is 9.64. The van der Waals surface area contributed by atoms with Crippen LogP contribution in [-0.4, -0.2) is 9.97 Å². The summed E-state index contributed by atoms with van der Waals surface area (Å²) in [7, 11) is 0. The second-order valence-electron chi connectivity index (χ2n) is 2.54. The Morgan fingerprint density at radius 2 is 2.43 bits per heavy atom. The molecule has 0 aliphatic rings. The molecule has 0 spiro atoms. The van der Waals surface area contributed by atoms with Crippen LogP contribution in [-0.2, 0) is 0 Å². The molecular formula is C9H5N3OS. The highest BCUT2D eigenvalue weighted by Crippen LogP contribution is 2.23. The van der Waals surface area contributed by atoms with Gasteiger partial charge in [0.05, 0.1) is 11.2 Å². The number of thiophene rings is 1. The topological polar surface area (TPSA) is 69.5 Å². The van der Waals surface area contributed by atoms with Crippen LogP contribution in [0.1, 0.15) is 5.56 Å². The minimum atomic E-state index is -0.397. The minimum absolute atomic E-state index is 0.0648. The Morgan fingerprint density at radius 3 is 3.07 bits per heavy atom. The lowest BCUT2D eigenvalue weighted by Crippen LogP contribution is -2.11. The Labute approximate surface area is 83.5 Å². The van der Waals surface area contributed by atoms with E-state index in [0.717, 1.165) is 4.88 Å². The molecule has 68 valence electrons. The van der Waals surface area contributed by atoms with Gasteiger partial charge in [0, 0.05) is 0 Å². The zero-order chi connectivity index (χ0) is 9.97. The maximum absolute atomic E-state index is 11.3. The van der Waals surface area contributed by atoms with Crippen LogP contribution in [0.2, 0.25) is 0 Å². The quantitative estimate of drug-likeness (QED) is 0.761. The molecular weight excluding hydrogens is 198 g/mol. The number of nitrogens with zero attached hydrogens (tertiary/aromatic N) is 2. The summed E-state index contributed by atoms with van der Waals surface area (Å²) in [6, 6.07) is 5.53. The van der Waals surface area contributed by atoms with E-state index in [1.54, 1.807) is 0 Å². The molecule has 2 aromatic rings. The molecule has 0 saturated heterocycles. The zero-order valence-electron chi connectivity index (χ0n) is 7.02. The first-order valence-corrected chi connectivity index (χ1v) is 4.72. The number of aromatic nitrogens is 2. The third kappa shape index (κ3) is 1.32. The summed E-state index contributed by atoms with van der Waals surface area (Å²) in [4.78, 5) is 18.4. The third-order valence-corrected chi connectivity index (χ3v) is 2.60. The second-order valence-corrected chi connectivity index (χ2v) is 3.49. The van der Waals surface area contributed by atoms with Crippen molar-refractivity contribution < 1.29 is 0 Å². The van der Waals surface area contributed by atoms with E-state index in [-0.39, 0.29) is 5.56 Å². The van der Waals surface area contributed by atoms with E-state index in [1.165, 1.54) is 17.7 Å². The summed E-state index contributed by atoms with van der Waals surface area (Å²) >= 11 is 1.45. The molecule has 2 rings (SSSR count). The van der Waals surface area contributed by atoms with E-state index in [1.807, 2.05) is 23.6 Å². The highest BCUT2D eigenvalue weighted by atomic mass is 32.1. The van der Waals surface area contributed by atoms with Crippen LogP contribution >= 0.6 is 11.3 Å². The molecule has 14 heavy (non-hydrogen) atoms. The fraction of sp³-hybridized carbons (Fsp3) is 0. The van der Waals surface area contributed by atoms with Gasteiger partial charge in [-0.1, -0.05) is 6.07 Å². The van der Waals surface area contributed by atoms with Gasteiger partial charge in [0.25, 0.3) is 5.56 Å².